The van der Waals surface area contributed by atoms with E-state index in [0.717, 1.165) is 53.1 Å². The fourth-order valence-electron chi connectivity index (χ4n) is 3.72. The molecule has 4 N–H and O–H groups in total. The van der Waals surface area contributed by atoms with Gasteiger partial charge in [0.1, 0.15) is 11.6 Å². The highest BCUT2D eigenvalue weighted by Crippen LogP contribution is 2.31. The topological polar surface area (TPSA) is 108 Å². The molecule has 1 saturated carbocycles. The van der Waals surface area contributed by atoms with E-state index in [1.807, 2.05) is 23.7 Å². The number of phenols is 1. The number of aliphatic hydroxyl groups is 1. The third-order valence-electron chi connectivity index (χ3n) is 5.27. The van der Waals surface area contributed by atoms with Crippen molar-refractivity contribution in [2.45, 2.75) is 37.8 Å². The van der Waals surface area contributed by atoms with Crippen molar-refractivity contribution in [3.05, 3.63) is 48.1 Å². The van der Waals surface area contributed by atoms with E-state index in [1.165, 1.54) is 0 Å². The van der Waals surface area contributed by atoms with Crippen molar-refractivity contribution in [3.8, 4) is 11.4 Å². The molecule has 0 amide bonds. The number of thiophene rings is 1. The van der Waals surface area contributed by atoms with Gasteiger partial charge in [0.05, 0.1) is 40.1 Å². The summed E-state index contributed by atoms with van der Waals surface area (Å²) in [6.07, 6.45) is 6.82. The lowest BCUT2D eigenvalue weighted by molar-refractivity contribution is 0.126. The van der Waals surface area contributed by atoms with Gasteiger partial charge in [-0.15, -0.1) is 11.3 Å². The lowest BCUT2D eigenvalue weighted by atomic mass is 9.93. The molecule has 0 atom stereocenters. The van der Waals surface area contributed by atoms with Crippen molar-refractivity contribution in [2.24, 2.45) is 0 Å². The van der Waals surface area contributed by atoms with Crippen LogP contribution in [0.1, 0.15) is 25.7 Å². The van der Waals surface area contributed by atoms with E-state index >= 15 is 0 Å². The lowest BCUT2D eigenvalue weighted by Gasteiger charge is -2.26. The minimum atomic E-state index is -0.185. The first-order chi connectivity index (χ1) is 14.6. The summed E-state index contributed by atoms with van der Waals surface area (Å²) < 4.78 is 2.71. The van der Waals surface area contributed by atoms with Crippen LogP contribution in [-0.2, 0) is 0 Å². The highest BCUT2D eigenvalue weighted by Gasteiger charge is 2.21. The maximum atomic E-state index is 9.76. The number of benzene rings is 1. The van der Waals surface area contributed by atoms with Crippen LogP contribution in [-0.4, -0.2) is 42.1 Å². The zero-order valence-electron chi connectivity index (χ0n) is 16.2. The maximum absolute atomic E-state index is 9.76. The molecule has 154 valence electrons. The first kappa shape index (κ1) is 18.8. The average molecular weight is 423 g/mol. The molecule has 8 nitrogen and oxygen atoms in total. The molecule has 1 aliphatic rings. The molecule has 0 spiro atoms. The number of anilines is 3. The summed E-state index contributed by atoms with van der Waals surface area (Å²) in [6, 6.07) is 9.20. The molecule has 30 heavy (non-hydrogen) atoms. The highest BCUT2D eigenvalue weighted by atomic mass is 32.1. The van der Waals surface area contributed by atoms with Crippen molar-refractivity contribution in [1.82, 2.24) is 19.7 Å². The summed E-state index contributed by atoms with van der Waals surface area (Å²) in [5, 5.41) is 32.6. The fraction of sp³-hybridized carbons (Fsp3) is 0.286. The van der Waals surface area contributed by atoms with Crippen LogP contribution in [0.15, 0.2) is 48.1 Å². The molecule has 4 aromatic rings. The highest BCUT2D eigenvalue weighted by molar-refractivity contribution is 7.17. The maximum Gasteiger partial charge on any atom is 0.229 e. The number of aromatic nitrogens is 4. The lowest BCUT2D eigenvalue weighted by Crippen LogP contribution is -2.28. The smallest absolute Gasteiger partial charge is 0.229 e. The third-order valence-corrected chi connectivity index (χ3v) is 6.18. The standard InChI is InChI=1S/C21H22N6O2S/c28-16-6-4-13(5-7-16)23-20-19-18(8-9-30-19)25-21(26-20)24-14-11-22-27(12-14)15-2-1-3-17(29)10-15/h1-3,8-13,16,28-29H,4-7H2,(H2,23,24,25,26)/t13-,16-. The van der Waals surface area contributed by atoms with Crippen LogP contribution >= 0.6 is 11.3 Å². The van der Waals surface area contributed by atoms with Crippen LogP contribution in [0.3, 0.4) is 0 Å². The molecule has 1 aromatic carbocycles. The fourth-order valence-corrected chi connectivity index (χ4v) is 4.51. The van der Waals surface area contributed by atoms with Gasteiger partial charge in [-0.2, -0.15) is 10.1 Å². The Morgan fingerprint density at radius 2 is 1.97 bits per heavy atom. The molecule has 0 radical (unpaired) electrons. The Balaban J connectivity index is 1.38. The molecular weight excluding hydrogens is 400 g/mol. The summed E-state index contributed by atoms with van der Waals surface area (Å²) in [5.41, 5.74) is 2.40. The van der Waals surface area contributed by atoms with Gasteiger partial charge in [-0.3, -0.25) is 0 Å². The van der Waals surface area contributed by atoms with Crippen LogP contribution in [0.25, 0.3) is 15.9 Å². The van der Waals surface area contributed by atoms with Gasteiger partial charge in [0.25, 0.3) is 0 Å². The molecule has 9 heteroatoms. The largest absolute Gasteiger partial charge is 0.508 e. The first-order valence-electron chi connectivity index (χ1n) is 9.95. The quantitative estimate of drug-likeness (QED) is 0.384. The summed E-state index contributed by atoms with van der Waals surface area (Å²) in [5.74, 6) is 1.50. The van der Waals surface area contributed by atoms with Gasteiger partial charge < -0.3 is 20.8 Å². The molecule has 3 heterocycles. The second-order valence-electron chi connectivity index (χ2n) is 7.50. The minimum Gasteiger partial charge on any atom is -0.508 e. The molecule has 1 fully saturated rings. The number of fused-ring (bicyclic) bond motifs is 1. The summed E-state index contributed by atoms with van der Waals surface area (Å²) in [6.45, 7) is 0. The molecule has 1 aliphatic carbocycles. The molecular formula is C21H22N6O2S. The Morgan fingerprint density at radius 3 is 2.80 bits per heavy atom. The Morgan fingerprint density at radius 1 is 1.10 bits per heavy atom. The SMILES string of the molecule is Oc1cccc(-n2cc(Nc3nc(N[C@H]4CC[C@H](O)CC4)c4sccc4n3)cn2)c1. The van der Waals surface area contributed by atoms with E-state index in [4.69, 9.17) is 4.98 Å². The van der Waals surface area contributed by atoms with Gasteiger partial charge in [-0.25, -0.2) is 9.67 Å². The number of phenolic OH excluding ortho intramolecular Hbond substituents is 1. The molecule has 0 bridgehead atoms. The number of nitrogens with one attached hydrogen (secondary N) is 2. The van der Waals surface area contributed by atoms with Gasteiger partial charge in [0, 0.05) is 12.1 Å². The van der Waals surface area contributed by atoms with Crippen LogP contribution in [0, 0.1) is 0 Å². The van der Waals surface area contributed by atoms with Crippen molar-refractivity contribution >= 4 is 39.0 Å². The summed E-state index contributed by atoms with van der Waals surface area (Å²) >= 11 is 1.62. The van der Waals surface area contributed by atoms with Gasteiger partial charge in [0.2, 0.25) is 5.95 Å². The van der Waals surface area contributed by atoms with Crippen LogP contribution in [0.2, 0.25) is 0 Å². The zero-order valence-corrected chi connectivity index (χ0v) is 17.0. The monoisotopic (exact) mass is 422 g/mol. The van der Waals surface area contributed by atoms with E-state index in [2.05, 4.69) is 20.7 Å². The van der Waals surface area contributed by atoms with E-state index in [0.29, 0.717) is 12.0 Å². The normalized spacial score (nSPS) is 19.1. The summed E-state index contributed by atoms with van der Waals surface area (Å²) in [7, 11) is 0. The summed E-state index contributed by atoms with van der Waals surface area (Å²) in [4.78, 5) is 9.34. The van der Waals surface area contributed by atoms with Gasteiger partial charge in [-0.05, 0) is 49.3 Å². The Bertz CT molecular complexity index is 1170. The van der Waals surface area contributed by atoms with Gasteiger partial charge in [-0.1, -0.05) is 6.07 Å². The number of aromatic hydroxyl groups is 1. The van der Waals surface area contributed by atoms with E-state index < -0.39 is 0 Å². The number of hydrogen-bond acceptors (Lipinski definition) is 8. The molecule has 5 rings (SSSR count). The predicted molar refractivity (Wildman–Crippen MR) is 118 cm³/mol. The predicted octanol–water partition coefficient (Wildman–Crippen LogP) is 4.04. The van der Waals surface area contributed by atoms with Gasteiger partial charge in [0.15, 0.2) is 0 Å². The molecule has 0 unspecified atom stereocenters. The Kier molecular flexibility index (Phi) is 4.97. The zero-order chi connectivity index (χ0) is 20.5. The van der Waals surface area contributed by atoms with E-state index in [1.54, 1.807) is 40.4 Å². The van der Waals surface area contributed by atoms with E-state index in [9.17, 15) is 10.2 Å². The van der Waals surface area contributed by atoms with Crippen LogP contribution in [0.5, 0.6) is 5.75 Å². The van der Waals surface area contributed by atoms with Crippen LogP contribution in [0.4, 0.5) is 17.5 Å². The van der Waals surface area contributed by atoms with Crippen molar-refractivity contribution in [2.75, 3.05) is 10.6 Å². The molecule has 3 aromatic heterocycles. The van der Waals surface area contributed by atoms with Crippen molar-refractivity contribution in [3.63, 3.8) is 0 Å². The van der Waals surface area contributed by atoms with Crippen molar-refractivity contribution in [1.29, 1.82) is 0 Å². The first-order valence-corrected chi connectivity index (χ1v) is 10.8. The second-order valence-corrected chi connectivity index (χ2v) is 8.42. The van der Waals surface area contributed by atoms with Crippen molar-refractivity contribution < 1.29 is 10.2 Å². The molecule has 0 aliphatic heterocycles. The Labute approximate surface area is 177 Å². The number of nitrogens with zero attached hydrogens (tertiary/aromatic N) is 4. The Hall–Kier alpha value is -3.17. The number of rotatable bonds is 5. The third kappa shape index (κ3) is 3.94. The average Bonchev–Trinajstić information content (AvgIpc) is 3.39. The minimum absolute atomic E-state index is 0.185. The van der Waals surface area contributed by atoms with E-state index in [-0.39, 0.29) is 11.9 Å². The van der Waals surface area contributed by atoms with Crippen LogP contribution < -0.4 is 10.6 Å². The van der Waals surface area contributed by atoms with Gasteiger partial charge >= 0.3 is 0 Å². The number of hydrogen-bond donors (Lipinski definition) is 4. The number of aliphatic hydroxyl groups excluding tert-OH is 1. The molecule has 0 saturated heterocycles. The second kappa shape index (κ2) is 7.92.